The fraction of sp³-hybridized carbons (Fsp3) is 0.457. The van der Waals surface area contributed by atoms with E-state index >= 15 is 0 Å². The highest BCUT2D eigenvalue weighted by atomic mass is 16.8. The molecule has 0 bridgehead atoms. The number of phenolic OH excluding ortho intramolecular Hbond substituents is 2. The number of hydrogen-bond donors (Lipinski definition) is 6. The van der Waals surface area contributed by atoms with Crippen LogP contribution in [0.1, 0.15) is 74.7 Å². The second kappa shape index (κ2) is 14.5. The van der Waals surface area contributed by atoms with E-state index < -0.39 is 102 Å². The van der Waals surface area contributed by atoms with Crippen molar-refractivity contribution >= 4 is 29.3 Å². The van der Waals surface area contributed by atoms with Gasteiger partial charge >= 0.3 is 6.09 Å². The number of ether oxygens (including phenoxy) is 6. The summed E-state index contributed by atoms with van der Waals surface area (Å²) in [7, 11) is 2.78. The van der Waals surface area contributed by atoms with Crippen molar-refractivity contribution in [3.05, 3.63) is 63.6 Å². The standard InChI is InChI=1S/C35H38N4O16/c1-15-33-18(38(13-51-14-53-33)34(46)52-12-22-36-10-23(37(22)2)39(48)49)7-24(54-15)55-20-9-35(47,21(41)11-40)8-17-26(20)32(45)28-27(30(17)43)29(42)16-5-4-6-19(50-3)25(16)31(28)44/h4-6,10,15,18,20,24,33,40,43,45,47-49H,7-9,11-14H2,1-3H3. The SMILES string of the molecule is COc1cccc2c1C(=O)c1c(O)c3c(c(O)c1C2=O)CC(O)(C(=O)CO)CC3OC1CC2C(OCOCN2C(=O)OCc2ncc(N(O)O)n2C)C(C)O1. The zero-order valence-electron chi connectivity index (χ0n) is 29.7. The van der Waals surface area contributed by atoms with Crippen molar-refractivity contribution in [3.63, 3.8) is 0 Å². The summed E-state index contributed by atoms with van der Waals surface area (Å²) < 4.78 is 36.0. The number of aromatic nitrogens is 2. The Balaban J connectivity index is 1.22. The number of Topliss-reactive ketones (excluding diaryl/α,β-unsaturated/α-hetero) is 1. The lowest BCUT2D eigenvalue weighted by molar-refractivity contribution is -0.261. The van der Waals surface area contributed by atoms with Gasteiger partial charge in [-0.1, -0.05) is 12.1 Å². The number of rotatable bonds is 8. The highest BCUT2D eigenvalue weighted by Crippen LogP contribution is 2.52. The van der Waals surface area contributed by atoms with Crippen molar-refractivity contribution in [1.29, 1.82) is 0 Å². The molecule has 2 aliphatic heterocycles. The highest BCUT2D eigenvalue weighted by Gasteiger charge is 2.51. The van der Waals surface area contributed by atoms with Crippen LogP contribution in [0.25, 0.3) is 0 Å². The van der Waals surface area contributed by atoms with Crippen LogP contribution in [0.4, 0.5) is 10.6 Å². The third-order valence-corrected chi connectivity index (χ3v) is 10.5. The number of anilines is 1. The monoisotopic (exact) mass is 770 g/mol. The largest absolute Gasteiger partial charge is 0.507 e. The lowest BCUT2D eigenvalue weighted by Crippen LogP contribution is -2.57. The maximum atomic E-state index is 14.0. The molecule has 20 nitrogen and oxygen atoms in total. The van der Waals surface area contributed by atoms with Crippen molar-refractivity contribution in [3.8, 4) is 17.2 Å². The normalized spacial score (nSPS) is 25.9. The Bertz CT molecular complexity index is 2070. The fourth-order valence-electron chi connectivity index (χ4n) is 7.75. The first-order valence-corrected chi connectivity index (χ1v) is 17.1. The first-order chi connectivity index (χ1) is 26.2. The number of aliphatic hydroxyl groups is 2. The molecule has 3 heterocycles. The predicted molar refractivity (Wildman–Crippen MR) is 179 cm³/mol. The van der Waals surface area contributed by atoms with Crippen LogP contribution in [0, 0.1) is 0 Å². The number of ketones is 3. The van der Waals surface area contributed by atoms with Crippen LogP contribution in [-0.2, 0) is 48.6 Å². The lowest BCUT2D eigenvalue weighted by Gasteiger charge is -2.44. The number of benzene rings is 2. The van der Waals surface area contributed by atoms with Gasteiger partial charge in [-0.2, -0.15) is 0 Å². The van der Waals surface area contributed by atoms with Gasteiger partial charge in [-0.05, 0) is 13.0 Å². The van der Waals surface area contributed by atoms with Crippen molar-refractivity contribution in [2.45, 2.75) is 69.0 Å². The highest BCUT2D eigenvalue weighted by molar-refractivity contribution is 6.31. The van der Waals surface area contributed by atoms with Gasteiger partial charge in [-0.25, -0.2) is 9.78 Å². The average Bonchev–Trinajstić information content (AvgIpc) is 3.39. The third kappa shape index (κ3) is 6.35. The molecule has 0 radical (unpaired) electrons. The van der Waals surface area contributed by atoms with Gasteiger partial charge in [0, 0.05) is 43.0 Å². The molecule has 4 aliphatic rings. The maximum Gasteiger partial charge on any atom is 0.412 e. The molecule has 6 N–H and O–H groups in total. The molecule has 3 aromatic rings. The van der Waals surface area contributed by atoms with Crippen molar-refractivity contribution < 1.29 is 78.4 Å². The number of carbonyl (C=O) groups is 4. The minimum atomic E-state index is -2.36. The zero-order chi connectivity index (χ0) is 39.5. The number of imidazole rings is 1. The molecule has 6 atom stereocenters. The van der Waals surface area contributed by atoms with Crippen LogP contribution in [0.3, 0.4) is 0 Å². The first kappa shape index (κ1) is 38.1. The van der Waals surface area contributed by atoms with Crippen molar-refractivity contribution in [2.75, 3.05) is 32.5 Å². The number of hydrogen-bond acceptors (Lipinski definition) is 18. The van der Waals surface area contributed by atoms with E-state index in [2.05, 4.69) is 4.98 Å². The molecule has 2 saturated heterocycles. The van der Waals surface area contributed by atoms with E-state index in [1.807, 2.05) is 0 Å². The fourth-order valence-corrected chi connectivity index (χ4v) is 7.75. The summed E-state index contributed by atoms with van der Waals surface area (Å²) >= 11 is 0. The maximum absolute atomic E-state index is 14.0. The van der Waals surface area contributed by atoms with Crippen LogP contribution in [0.2, 0.25) is 0 Å². The predicted octanol–water partition coefficient (Wildman–Crippen LogP) is 0.969. The molecule has 1 aromatic heterocycles. The number of fused-ring (bicyclic) bond motifs is 4. The van der Waals surface area contributed by atoms with Gasteiger partial charge in [-0.3, -0.25) is 29.7 Å². The molecular weight excluding hydrogens is 732 g/mol. The van der Waals surface area contributed by atoms with Crippen LogP contribution < -0.4 is 9.96 Å². The lowest BCUT2D eigenvalue weighted by atomic mass is 9.72. The number of aromatic hydroxyl groups is 2. The second-order valence-electron chi connectivity index (χ2n) is 13.6. The summed E-state index contributed by atoms with van der Waals surface area (Å²) in [5, 5.41) is 63.5. The number of phenols is 2. The van der Waals surface area contributed by atoms with E-state index in [9.17, 15) is 50.0 Å². The quantitative estimate of drug-likeness (QED) is 0.108. The summed E-state index contributed by atoms with van der Waals surface area (Å²) in [6, 6.07) is 3.47. The molecule has 2 aliphatic carbocycles. The minimum absolute atomic E-state index is 0.0530. The van der Waals surface area contributed by atoms with Gasteiger partial charge in [0.15, 0.2) is 30.3 Å². The Kier molecular flexibility index (Phi) is 10.0. The van der Waals surface area contributed by atoms with Gasteiger partial charge in [-0.15, -0.1) is 5.23 Å². The summed E-state index contributed by atoms with van der Waals surface area (Å²) in [4.78, 5) is 59.6. The van der Waals surface area contributed by atoms with Crippen molar-refractivity contribution in [1.82, 2.24) is 14.5 Å². The topological polar surface area (TPSA) is 269 Å². The number of aliphatic hydroxyl groups excluding tert-OH is 1. The number of methoxy groups -OCH3 is 1. The minimum Gasteiger partial charge on any atom is -0.507 e. The summed E-state index contributed by atoms with van der Waals surface area (Å²) in [6.07, 6.45) is -5.37. The Morgan fingerprint density at radius 3 is 2.55 bits per heavy atom. The molecule has 55 heavy (non-hydrogen) atoms. The molecule has 0 spiro atoms. The van der Waals surface area contributed by atoms with E-state index in [1.54, 1.807) is 6.92 Å². The molecule has 20 heteroatoms. The van der Waals surface area contributed by atoms with Gasteiger partial charge in [0.2, 0.25) is 5.78 Å². The van der Waals surface area contributed by atoms with Gasteiger partial charge in [0.1, 0.15) is 54.9 Å². The second-order valence-corrected chi connectivity index (χ2v) is 13.6. The number of nitrogens with zero attached hydrogens (tertiary/aromatic N) is 4. The van der Waals surface area contributed by atoms with Crippen LogP contribution in [0.15, 0.2) is 24.4 Å². The molecular formula is C35H38N4O16. The van der Waals surface area contributed by atoms with Gasteiger partial charge < -0.3 is 53.4 Å². The smallest absolute Gasteiger partial charge is 0.412 e. The Hall–Kier alpha value is -5.19. The van der Waals surface area contributed by atoms with Crippen LogP contribution in [0.5, 0.6) is 17.2 Å². The van der Waals surface area contributed by atoms with E-state index in [0.717, 1.165) is 6.20 Å². The third-order valence-electron chi connectivity index (χ3n) is 10.5. The molecule has 6 unspecified atom stereocenters. The Morgan fingerprint density at radius 2 is 1.85 bits per heavy atom. The van der Waals surface area contributed by atoms with E-state index in [0.29, 0.717) is 0 Å². The van der Waals surface area contributed by atoms with Crippen LogP contribution in [-0.4, -0.2) is 126 Å². The molecule has 294 valence electrons. The van der Waals surface area contributed by atoms with Gasteiger partial charge in [0.05, 0.1) is 48.2 Å². The Labute approximate surface area is 311 Å². The molecule has 7 rings (SSSR count). The zero-order valence-corrected chi connectivity index (χ0v) is 29.7. The Morgan fingerprint density at radius 1 is 1.11 bits per heavy atom. The number of amides is 1. The van der Waals surface area contributed by atoms with Crippen LogP contribution >= 0.6 is 0 Å². The average molecular weight is 771 g/mol. The summed E-state index contributed by atoms with van der Waals surface area (Å²) in [5.41, 5.74) is -4.12. The summed E-state index contributed by atoms with van der Waals surface area (Å²) in [5.74, 6) is -4.04. The molecule has 1 amide bonds. The number of carbonyl (C=O) groups excluding carboxylic acids is 4. The molecule has 0 saturated carbocycles. The van der Waals surface area contributed by atoms with E-state index in [4.69, 9.17) is 28.4 Å². The molecule has 2 fully saturated rings. The summed E-state index contributed by atoms with van der Waals surface area (Å²) in [6.45, 7) is -0.312. The van der Waals surface area contributed by atoms with Gasteiger partial charge in [0.25, 0.3) is 0 Å². The first-order valence-electron chi connectivity index (χ1n) is 17.1. The molecule has 2 aromatic carbocycles. The van der Waals surface area contributed by atoms with Crippen molar-refractivity contribution in [2.24, 2.45) is 7.05 Å². The van der Waals surface area contributed by atoms with E-state index in [1.165, 1.54) is 41.8 Å². The van der Waals surface area contributed by atoms with E-state index in [-0.39, 0.29) is 71.4 Å².